The predicted octanol–water partition coefficient (Wildman–Crippen LogP) is 1.20. The summed E-state index contributed by atoms with van der Waals surface area (Å²) < 4.78 is 39.4. The smallest absolute Gasteiger partial charge is 0.325 e. The van der Waals surface area contributed by atoms with Crippen LogP contribution in [0, 0.1) is 17.8 Å². The van der Waals surface area contributed by atoms with Crippen molar-refractivity contribution in [2.24, 2.45) is 17.8 Å². The van der Waals surface area contributed by atoms with Crippen LogP contribution in [0.2, 0.25) is 0 Å². The Labute approximate surface area is 147 Å². The molecule has 0 unspecified atom stereocenters. The molecule has 136 valence electrons. The molecule has 3 aliphatic rings. The molecular weight excluding hydrogens is 325 g/mol. The Morgan fingerprint density at radius 2 is 1.64 bits per heavy atom. The average Bonchev–Trinajstić information content (AvgIpc) is 3.19. The Hall–Kier alpha value is -1.33. The van der Waals surface area contributed by atoms with Gasteiger partial charge < -0.3 is 9.80 Å². The van der Waals surface area contributed by atoms with E-state index in [1.165, 1.54) is 36.4 Å². The van der Waals surface area contributed by atoms with Gasteiger partial charge in [-0.1, -0.05) is 30.4 Å². The number of rotatable bonds is 4. The molecule has 1 aliphatic heterocycles. The Kier molecular flexibility index (Phi) is 4.63. The topological polar surface area (TPSA) is 8.88 Å². The number of quaternary nitrogens is 2. The van der Waals surface area contributed by atoms with E-state index in [-0.39, 0.29) is 0 Å². The summed E-state index contributed by atoms with van der Waals surface area (Å²) in [6.07, 6.45) is 3.24. The normalized spacial score (nSPS) is 34.6. The van der Waals surface area contributed by atoms with E-state index in [0.29, 0.717) is 12.1 Å². The molecule has 2 bridgehead atoms. The van der Waals surface area contributed by atoms with Gasteiger partial charge in [0, 0.05) is 11.5 Å². The lowest BCUT2D eigenvalue weighted by atomic mass is 9.93. The van der Waals surface area contributed by atoms with Gasteiger partial charge in [-0.15, -0.1) is 0 Å². The van der Waals surface area contributed by atoms with Gasteiger partial charge in [0.15, 0.2) is 0 Å². The van der Waals surface area contributed by atoms with Gasteiger partial charge in [0.05, 0.1) is 12.1 Å². The van der Waals surface area contributed by atoms with Gasteiger partial charge in [0.1, 0.15) is 32.7 Å². The highest BCUT2D eigenvalue weighted by Gasteiger charge is 2.39. The van der Waals surface area contributed by atoms with Crippen molar-refractivity contribution in [1.29, 1.82) is 0 Å². The predicted molar refractivity (Wildman–Crippen MR) is 90.3 cm³/mol. The molecule has 0 spiro atoms. The second kappa shape index (κ2) is 6.76. The monoisotopic (exact) mass is 352 g/mol. The first-order valence-electron chi connectivity index (χ1n) is 9.49. The molecule has 5 heteroatoms. The molecule has 3 atom stereocenters. The first-order valence-corrected chi connectivity index (χ1v) is 9.49. The molecule has 2 aliphatic carbocycles. The van der Waals surface area contributed by atoms with Gasteiger partial charge in [0.2, 0.25) is 0 Å². The number of hydrogen-bond acceptors (Lipinski definition) is 0. The number of allylic oxidation sites excluding steroid dienone is 2. The number of nitrogens with one attached hydrogen (secondary N) is 2. The van der Waals surface area contributed by atoms with Crippen LogP contribution in [0.1, 0.15) is 24.0 Å². The summed E-state index contributed by atoms with van der Waals surface area (Å²) in [5, 5.41) is 0. The van der Waals surface area contributed by atoms with Crippen LogP contribution in [0.25, 0.3) is 0 Å². The maximum absolute atomic E-state index is 13.1. The molecule has 0 amide bonds. The summed E-state index contributed by atoms with van der Waals surface area (Å²) in [6.45, 7) is 5.84. The highest BCUT2D eigenvalue weighted by molar-refractivity contribution is 5.28. The number of piperazine rings is 1. The van der Waals surface area contributed by atoms with Crippen molar-refractivity contribution in [2.75, 3.05) is 32.7 Å². The second-order valence-corrected chi connectivity index (χ2v) is 8.08. The van der Waals surface area contributed by atoms with E-state index in [9.17, 15) is 13.2 Å². The third-order valence-electron chi connectivity index (χ3n) is 6.39. The Morgan fingerprint density at radius 3 is 2.28 bits per heavy atom. The zero-order chi connectivity index (χ0) is 17.4. The number of hydrogen-bond donors (Lipinski definition) is 2. The summed E-state index contributed by atoms with van der Waals surface area (Å²) in [7, 11) is 0. The molecule has 4 rings (SSSR count). The van der Waals surface area contributed by atoms with Crippen LogP contribution in [-0.2, 0) is 12.7 Å². The fourth-order valence-electron chi connectivity index (χ4n) is 5.06. The van der Waals surface area contributed by atoms with Crippen LogP contribution in [0.15, 0.2) is 36.4 Å². The van der Waals surface area contributed by atoms with Gasteiger partial charge >= 0.3 is 6.18 Å². The summed E-state index contributed by atoms with van der Waals surface area (Å²) in [5.74, 6) is 2.44. The molecule has 1 aromatic rings. The summed E-state index contributed by atoms with van der Waals surface area (Å²) in [5.41, 5.74) is -0.0299. The van der Waals surface area contributed by atoms with Gasteiger partial charge in [0.25, 0.3) is 0 Å². The van der Waals surface area contributed by atoms with E-state index >= 15 is 0 Å². The van der Waals surface area contributed by atoms with Gasteiger partial charge in [-0.2, -0.15) is 13.2 Å². The summed E-state index contributed by atoms with van der Waals surface area (Å²) in [6, 6.07) is 6.04. The molecule has 0 aromatic heterocycles. The molecule has 1 aromatic carbocycles. The molecule has 0 radical (unpaired) electrons. The van der Waals surface area contributed by atoms with Crippen molar-refractivity contribution in [3.8, 4) is 0 Å². The van der Waals surface area contributed by atoms with Crippen LogP contribution < -0.4 is 9.80 Å². The van der Waals surface area contributed by atoms with Crippen molar-refractivity contribution < 1.29 is 23.0 Å². The highest BCUT2D eigenvalue weighted by Crippen LogP contribution is 2.42. The fourth-order valence-corrected chi connectivity index (χ4v) is 5.06. The molecule has 1 saturated carbocycles. The quantitative estimate of drug-likeness (QED) is 0.754. The van der Waals surface area contributed by atoms with Crippen molar-refractivity contribution in [3.05, 3.63) is 47.5 Å². The van der Waals surface area contributed by atoms with Crippen molar-refractivity contribution in [2.45, 2.75) is 25.6 Å². The van der Waals surface area contributed by atoms with Crippen LogP contribution in [0.4, 0.5) is 13.2 Å². The van der Waals surface area contributed by atoms with Gasteiger partial charge in [-0.3, -0.25) is 0 Å². The summed E-state index contributed by atoms with van der Waals surface area (Å²) in [4.78, 5) is 2.94. The Balaban J connectivity index is 1.30. The van der Waals surface area contributed by atoms with E-state index in [0.717, 1.165) is 43.9 Å². The van der Waals surface area contributed by atoms with Gasteiger partial charge in [-0.25, -0.2) is 0 Å². The SMILES string of the molecule is FC(F)(F)c1ccccc1C[NH+]1CC[NH+](C[C@H]2C[C@H]3C=C[C@H]2C3)CC1. The zero-order valence-corrected chi connectivity index (χ0v) is 14.5. The van der Waals surface area contributed by atoms with E-state index < -0.39 is 11.7 Å². The number of fused-ring (bicyclic) bond motifs is 2. The largest absolute Gasteiger partial charge is 0.416 e. The first-order chi connectivity index (χ1) is 12.0. The van der Waals surface area contributed by atoms with Crippen LogP contribution in [0.5, 0.6) is 0 Å². The van der Waals surface area contributed by atoms with E-state index in [1.807, 2.05) is 0 Å². The minimum absolute atomic E-state index is 0.437. The van der Waals surface area contributed by atoms with E-state index in [2.05, 4.69) is 12.2 Å². The van der Waals surface area contributed by atoms with Crippen molar-refractivity contribution >= 4 is 0 Å². The maximum atomic E-state index is 13.1. The third kappa shape index (κ3) is 3.77. The fraction of sp³-hybridized carbons (Fsp3) is 0.600. The van der Waals surface area contributed by atoms with E-state index in [4.69, 9.17) is 0 Å². The van der Waals surface area contributed by atoms with Crippen LogP contribution >= 0.6 is 0 Å². The molecule has 1 saturated heterocycles. The van der Waals surface area contributed by atoms with Crippen LogP contribution in [-0.4, -0.2) is 32.7 Å². The average molecular weight is 352 g/mol. The molecule has 25 heavy (non-hydrogen) atoms. The molecule has 2 fully saturated rings. The lowest BCUT2D eigenvalue weighted by Gasteiger charge is -2.32. The standard InChI is InChI=1S/C20H25F3N2/c21-20(22,23)19-4-2-1-3-17(19)13-24-7-9-25(10-8-24)14-18-12-15-5-6-16(18)11-15/h1-6,15-16,18H,7-14H2/p+2/t15-,16-,18+/m0/s1. The zero-order valence-electron chi connectivity index (χ0n) is 14.5. The molecular formula is C20H27F3N2+2. The van der Waals surface area contributed by atoms with Crippen molar-refractivity contribution in [3.63, 3.8) is 0 Å². The first kappa shape index (κ1) is 17.1. The lowest BCUT2D eigenvalue weighted by molar-refractivity contribution is -1.02. The molecule has 2 nitrogen and oxygen atoms in total. The number of benzene rings is 1. The lowest BCUT2D eigenvalue weighted by Crippen LogP contribution is -3.27. The summed E-state index contributed by atoms with van der Waals surface area (Å²) >= 11 is 0. The Morgan fingerprint density at radius 1 is 0.920 bits per heavy atom. The Bertz CT molecular complexity index is 632. The molecule has 2 N–H and O–H groups in total. The minimum atomic E-state index is -4.25. The highest BCUT2D eigenvalue weighted by atomic mass is 19.4. The second-order valence-electron chi connectivity index (χ2n) is 8.08. The number of alkyl halides is 3. The van der Waals surface area contributed by atoms with Crippen molar-refractivity contribution in [1.82, 2.24) is 0 Å². The third-order valence-corrected chi connectivity index (χ3v) is 6.39. The molecule has 1 heterocycles. The minimum Gasteiger partial charge on any atom is -0.325 e. The van der Waals surface area contributed by atoms with Gasteiger partial charge in [-0.05, 0) is 30.7 Å². The maximum Gasteiger partial charge on any atom is 0.416 e. The number of halogens is 3. The van der Waals surface area contributed by atoms with E-state index in [1.54, 1.807) is 17.0 Å². The van der Waals surface area contributed by atoms with Crippen LogP contribution in [0.3, 0.4) is 0 Å².